The lowest BCUT2D eigenvalue weighted by Gasteiger charge is -2.35. The lowest BCUT2D eigenvalue weighted by Crippen LogP contribution is -2.42. The van der Waals surface area contributed by atoms with Crippen molar-refractivity contribution < 1.29 is 9.90 Å². The molecular weight excluding hydrogens is 300 g/mol. The second-order valence-electron chi connectivity index (χ2n) is 6.67. The van der Waals surface area contributed by atoms with Gasteiger partial charge in [-0.05, 0) is 50.7 Å². The van der Waals surface area contributed by atoms with E-state index in [9.17, 15) is 4.79 Å². The molecule has 0 fully saturated rings. The molecule has 1 heterocycles. The third kappa shape index (κ3) is 3.11. The Balaban J connectivity index is 1.90. The third-order valence-corrected chi connectivity index (χ3v) is 5.00. The van der Waals surface area contributed by atoms with E-state index in [2.05, 4.69) is 22.8 Å². The monoisotopic (exact) mass is 326 g/mol. The molecule has 0 bridgehead atoms. The van der Waals surface area contributed by atoms with Crippen molar-refractivity contribution in [3.63, 3.8) is 0 Å². The summed E-state index contributed by atoms with van der Waals surface area (Å²) in [5, 5.41) is 15.9. The van der Waals surface area contributed by atoms with Crippen LogP contribution in [-0.4, -0.2) is 30.1 Å². The number of unbranched alkanes of at least 4 members (excludes halogenated alkanes) is 2. The van der Waals surface area contributed by atoms with Crippen LogP contribution in [0.5, 0.6) is 0 Å². The molecule has 3 rings (SSSR count). The van der Waals surface area contributed by atoms with Crippen LogP contribution < -0.4 is 10.6 Å². The summed E-state index contributed by atoms with van der Waals surface area (Å²) < 4.78 is 0. The van der Waals surface area contributed by atoms with Crippen LogP contribution in [0.4, 0.5) is 0 Å². The van der Waals surface area contributed by atoms with Gasteiger partial charge in [-0.2, -0.15) is 0 Å². The standard InChI is InChI=1S/C20H26N2O2/c1-13-12-16-18(19(24)14(13)2)15-8-4-5-9-17(15)22-20(16)21-10-6-3-7-11-23/h4-5,8-9,17,21-23H,3,6-7,10-12H2,1-2H3. The minimum absolute atomic E-state index is 0.0591. The molecule has 0 spiro atoms. The van der Waals surface area contributed by atoms with Gasteiger partial charge in [0.05, 0.1) is 6.04 Å². The number of dihydropyridines is 1. The Morgan fingerprint density at radius 2 is 2.08 bits per heavy atom. The molecule has 4 nitrogen and oxygen atoms in total. The van der Waals surface area contributed by atoms with Crippen LogP contribution in [0.2, 0.25) is 0 Å². The van der Waals surface area contributed by atoms with Crippen LogP contribution in [0.15, 0.2) is 58.0 Å². The van der Waals surface area contributed by atoms with Crippen molar-refractivity contribution >= 4 is 5.78 Å². The fourth-order valence-electron chi connectivity index (χ4n) is 3.46. The Labute approximate surface area is 143 Å². The fraction of sp³-hybridized carbons (Fsp3) is 0.450. The smallest absolute Gasteiger partial charge is 0.189 e. The number of hydrogen-bond acceptors (Lipinski definition) is 4. The van der Waals surface area contributed by atoms with Crippen molar-refractivity contribution in [3.8, 4) is 0 Å². The molecular formula is C20H26N2O2. The molecule has 1 unspecified atom stereocenters. The van der Waals surface area contributed by atoms with Crippen molar-refractivity contribution in [1.29, 1.82) is 0 Å². The summed E-state index contributed by atoms with van der Waals surface area (Å²) in [6, 6.07) is 0.0591. The molecule has 0 amide bonds. The van der Waals surface area contributed by atoms with Crippen LogP contribution in [-0.2, 0) is 4.79 Å². The van der Waals surface area contributed by atoms with E-state index in [1.165, 1.54) is 0 Å². The first kappa shape index (κ1) is 16.8. The number of carbonyl (C=O) groups is 1. The number of ketones is 1. The summed E-state index contributed by atoms with van der Waals surface area (Å²) in [4.78, 5) is 12.9. The molecule has 2 aliphatic carbocycles. The molecule has 1 atom stereocenters. The summed E-state index contributed by atoms with van der Waals surface area (Å²) in [6.07, 6.45) is 11.8. The highest BCUT2D eigenvalue weighted by molar-refractivity contribution is 6.14. The van der Waals surface area contributed by atoms with E-state index in [4.69, 9.17) is 5.11 Å². The van der Waals surface area contributed by atoms with Gasteiger partial charge in [0, 0.05) is 24.3 Å². The molecule has 3 aliphatic rings. The number of aliphatic hydroxyl groups is 1. The highest BCUT2D eigenvalue weighted by Gasteiger charge is 2.34. The molecule has 4 heteroatoms. The van der Waals surface area contributed by atoms with Crippen molar-refractivity contribution in [2.75, 3.05) is 13.2 Å². The second kappa shape index (κ2) is 7.22. The number of allylic oxidation sites excluding steroid dienone is 6. The van der Waals surface area contributed by atoms with Gasteiger partial charge < -0.3 is 15.7 Å². The Kier molecular flexibility index (Phi) is 5.05. The molecule has 24 heavy (non-hydrogen) atoms. The van der Waals surface area contributed by atoms with Crippen LogP contribution in [0, 0.1) is 0 Å². The minimum atomic E-state index is 0.0591. The van der Waals surface area contributed by atoms with Crippen molar-refractivity contribution in [1.82, 2.24) is 10.6 Å². The van der Waals surface area contributed by atoms with Crippen LogP contribution in [0.3, 0.4) is 0 Å². The molecule has 0 saturated heterocycles. The largest absolute Gasteiger partial charge is 0.396 e. The highest BCUT2D eigenvalue weighted by atomic mass is 16.2. The van der Waals surface area contributed by atoms with Gasteiger partial charge in [0.1, 0.15) is 5.82 Å². The predicted molar refractivity (Wildman–Crippen MR) is 96.2 cm³/mol. The quantitative estimate of drug-likeness (QED) is 0.657. The van der Waals surface area contributed by atoms with E-state index in [0.717, 1.165) is 65.9 Å². The highest BCUT2D eigenvalue weighted by Crippen LogP contribution is 2.38. The van der Waals surface area contributed by atoms with Gasteiger partial charge in [-0.1, -0.05) is 29.9 Å². The molecule has 128 valence electrons. The van der Waals surface area contributed by atoms with E-state index in [1.807, 2.05) is 26.0 Å². The number of rotatable bonds is 6. The summed E-state index contributed by atoms with van der Waals surface area (Å²) in [6.45, 7) is 5.07. The van der Waals surface area contributed by atoms with E-state index in [-0.39, 0.29) is 18.4 Å². The normalized spacial score (nSPS) is 22.6. The fourth-order valence-corrected chi connectivity index (χ4v) is 3.46. The minimum Gasteiger partial charge on any atom is -0.396 e. The Bertz CT molecular complexity index is 692. The van der Waals surface area contributed by atoms with Crippen molar-refractivity contribution in [2.45, 2.75) is 45.6 Å². The topological polar surface area (TPSA) is 61.4 Å². The Morgan fingerprint density at radius 3 is 2.88 bits per heavy atom. The van der Waals surface area contributed by atoms with E-state index in [1.54, 1.807) is 0 Å². The van der Waals surface area contributed by atoms with Gasteiger partial charge in [-0.25, -0.2) is 0 Å². The number of aliphatic hydroxyl groups excluding tert-OH is 1. The molecule has 0 radical (unpaired) electrons. The van der Waals surface area contributed by atoms with Gasteiger partial charge in [-0.15, -0.1) is 0 Å². The maximum atomic E-state index is 12.9. The molecule has 0 aromatic carbocycles. The van der Waals surface area contributed by atoms with Gasteiger partial charge >= 0.3 is 0 Å². The molecule has 3 N–H and O–H groups in total. The number of hydrogen-bond donors (Lipinski definition) is 3. The third-order valence-electron chi connectivity index (χ3n) is 5.00. The SMILES string of the molecule is CC1=C(C)C(=O)C2=C3C=CC=CC3NC(NCCCCCO)=C2C1. The first-order valence-electron chi connectivity index (χ1n) is 8.78. The Hall–Kier alpha value is -2.07. The van der Waals surface area contributed by atoms with Gasteiger partial charge in [0.15, 0.2) is 5.78 Å². The summed E-state index contributed by atoms with van der Waals surface area (Å²) >= 11 is 0. The summed E-state index contributed by atoms with van der Waals surface area (Å²) in [5.74, 6) is 1.15. The maximum Gasteiger partial charge on any atom is 0.189 e. The molecule has 0 aromatic rings. The van der Waals surface area contributed by atoms with Crippen LogP contribution >= 0.6 is 0 Å². The number of fused-ring (bicyclic) bond motifs is 2. The van der Waals surface area contributed by atoms with Gasteiger partial charge in [0.25, 0.3) is 0 Å². The zero-order valence-electron chi connectivity index (χ0n) is 14.5. The van der Waals surface area contributed by atoms with E-state index >= 15 is 0 Å². The first-order chi connectivity index (χ1) is 11.6. The molecule has 0 aromatic heterocycles. The average molecular weight is 326 g/mol. The lowest BCUT2D eigenvalue weighted by atomic mass is 9.77. The van der Waals surface area contributed by atoms with Gasteiger partial charge in [-0.3, -0.25) is 4.79 Å². The number of Topliss-reactive ketones (excluding diaryl/α,β-unsaturated/α-hetero) is 1. The number of nitrogens with one attached hydrogen (secondary N) is 2. The van der Waals surface area contributed by atoms with Crippen LogP contribution in [0.1, 0.15) is 39.5 Å². The van der Waals surface area contributed by atoms with Crippen molar-refractivity contribution in [3.05, 3.63) is 58.0 Å². The predicted octanol–water partition coefficient (Wildman–Crippen LogP) is 2.65. The first-order valence-corrected chi connectivity index (χ1v) is 8.78. The summed E-state index contributed by atoms with van der Waals surface area (Å²) in [5.41, 5.74) is 5.08. The Morgan fingerprint density at radius 1 is 1.25 bits per heavy atom. The maximum absolute atomic E-state index is 12.9. The lowest BCUT2D eigenvalue weighted by molar-refractivity contribution is -0.112. The number of carbonyl (C=O) groups excluding carboxylic acids is 1. The van der Waals surface area contributed by atoms with E-state index in [0.29, 0.717) is 0 Å². The van der Waals surface area contributed by atoms with E-state index < -0.39 is 0 Å². The molecule has 0 saturated carbocycles. The second-order valence-corrected chi connectivity index (χ2v) is 6.67. The zero-order chi connectivity index (χ0) is 17.1. The zero-order valence-corrected chi connectivity index (χ0v) is 14.5. The van der Waals surface area contributed by atoms with Gasteiger partial charge in [0.2, 0.25) is 0 Å². The van der Waals surface area contributed by atoms with Crippen molar-refractivity contribution in [2.24, 2.45) is 0 Å². The summed E-state index contributed by atoms with van der Waals surface area (Å²) in [7, 11) is 0. The average Bonchev–Trinajstić information content (AvgIpc) is 2.59. The van der Waals surface area contributed by atoms with Crippen LogP contribution in [0.25, 0.3) is 0 Å². The molecule has 1 aliphatic heterocycles.